The molecular weight excluding hydrogens is 552 g/mol. The van der Waals surface area contributed by atoms with Crippen LogP contribution in [0.3, 0.4) is 0 Å². The van der Waals surface area contributed by atoms with E-state index < -0.39 is 101 Å². The second-order valence-corrected chi connectivity index (χ2v) is 7.16. The van der Waals surface area contributed by atoms with Gasteiger partial charge in [-0.3, -0.25) is 0 Å². The van der Waals surface area contributed by atoms with Gasteiger partial charge in [0.2, 0.25) is 0 Å². The molecule has 0 saturated heterocycles. The van der Waals surface area contributed by atoms with Gasteiger partial charge in [0.05, 0.1) is 22.2 Å². The summed E-state index contributed by atoms with van der Waals surface area (Å²) in [6.07, 6.45) is -24.7. The van der Waals surface area contributed by atoms with Crippen LogP contribution in [0.25, 0.3) is 22.2 Å². The van der Waals surface area contributed by atoms with Crippen molar-refractivity contribution in [2.24, 2.45) is 0 Å². The van der Waals surface area contributed by atoms with Crippen molar-refractivity contribution in [1.82, 2.24) is 8.80 Å². The highest BCUT2D eigenvalue weighted by atomic mass is 19.4. The quantitative estimate of drug-likeness (QED) is 0.377. The van der Waals surface area contributed by atoms with E-state index in [1.807, 2.05) is 0 Å². The number of hydrogen-bond acceptors (Lipinski definition) is 4. The van der Waals surface area contributed by atoms with Crippen molar-refractivity contribution in [3.05, 3.63) is 45.3 Å². The highest BCUT2D eigenvalue weighted by molar-refractivity contribution is 5.84. The molecule has 0 unspecified atom stereocenters. The van der Waals surface area contributed by atoms with E-state index in [4.69, 9.17) is 21.0 Å². The molecule has 0 N–H and O–H groups in total. The largest absolute Gasteiger partial charge is 0.433 e. The van der Waals surface area contributed by atoms with Gasteiger partial charge in [-0.2, -0.15) is 73.7 Å². The van der Waals surface area contributed by atoms with Gasteiger partial charge in [0.15, 0.2) is 11.4 Å². The Hall–Kier alpha value is -4.84. The fourth-order valence-electron chi connectivity index (χ4n) is 3.81. The van der Waals surface area contributed by atoms with E-state index in [0.29, 0.717) is 0 Å². The Bertz CT molecular complexity index is 1630. The number of aromatic nitrogens is 2. The molecule has 0 fully saturated rings. The summed E-state index contributed by atoms with van der Waals surface area (Å²) in [4.78, 5) is 0. The van der Waals surface area contributed by atoms with Gasteiger partial charge in [-0.1, -0.05) is 0 Å². The molecule has 0 bridgehead atoms. The predicted molar refractivity (Wildman–Crippen MR) is 96.9 cm³/mol. The molecule has 196 valence electrons. The van der Waals surface area contributed by atoms with E-state index in [2.05, 4.69) is 0 Å². The summed E-state index contributed by atoms with van der Waals surface area (Å²) >= 11 is 0. The molecule has 18 heteroatoms. The highest BCUT2D eigenvalue weighted by Crippen LogP contribution is 2.42. The van der Waals surface area contributed by atoms with Crippen LogP contribution >= 0.6 is 0 Å². The van der Waals surface area contributed by atoms with Crippen LogP contribution in [0.15, 0.2) is 12.4 Å². The third-order valence-electron chi connectivity index (χ3n) is 5.04. The molecule has 3 heterocycles. The SMILES string of the molecule is N#CC(C#N)=c1c(C(F)(F)F)cn2c(C(F)(F)F)c3c(=C(C#N)C#N)c(C(F)(F)F)cn3c(C(F)(F)F)c12. The number of alkyl halides is 12. The molecule has 3 aromatic heterocycles. The summed E-state index contributed by atoms with van der Waals surface area (Å²) in [5.41, 5.74) is -17.5. The van der Waals surface area contributed by atoms with Crippen LogP contribution in [0.1, 0.15) is 22.5 Å². The zero-order valence-corrected chi connectivity index (χ0v) is 17.4. The van der Waals surface area contributed by atoms with E-state index in [1.54, 1.807) is 0 Å². The molecule has 38 heavy (non-hydrogen) atoms. The first-order chi connectivity index (χ1) is 17.2. The maximum Gasteiger partial charge on any atom is 0.433 e. The predicted octanol–water partition coefficient (Wildman–Crippen LogP) is 4.66. The second-order valence-electron chi connectivity index (χ2n) is 7.16. The minimum atomic E-state index is -6.02. The number of halogens is 12. The molecule has 3 rings (SSSR count). The van der Waals surface area contributed by atoms with Crippen molar-refractivity contribution in [1.29, 1.82) is 21.0 Å². The third kappa shape index (κ3) is 4.10. The molecule has 6 nitrogen and oxygen atoms in total. The Balaban J connectivity index is 3.13. The van der Waals surface area contributed by atoms with Crippen LogP contribution in [-0.2, 0) is 24.7 Å². The van der Waals surface area contributed by atoms with E-state index >= 15 is 0 Å². The van der Waals surface area contributed by atoms with Gasteiger partial charge < -0.3 is 8.80 Å². The van der Waals surface area contributed by atoms with Crippen molar-refractivity contribution in [2.45, 2.75) is 24.7 Å². The highest BCUT2D eigenvalue weighted by Gasteiger charge is 2.48. The number of nitrogens with zero attached hydrogens (tertiary/aromatic N) is 6. The van der Waals surface area contributed by atoms with E-state index in [9.17, 15) is 52.7 Å². The summed E-state index contributed by atoms with van der Waals surface area (Å²) in [5.74, 6) is 0. The molecule has 0 saturated carbocycles. The molecule has 0 radical (unpaired) electrons. The Morgan fingerprint density at radius 2 is 0.763 bits per heavy atom. The van der Waals surface area contributed by atoms with E-state index in [0.717, 1.165) is 24.3 Å². The molecule has 0 atom stereocenters. The maximum absolute atomic E-state index is 14.2. The molecule has 0 amide bonds. The Labute approximate surface area is 199 Å². The molecule has 0 spiro atoms. The van der Waals surface area contributed by atoms with Gasteiger partial charge in [0.1, 0.15) is 35.4 Å². The maximum atomic E-state index is 14.2. The van der Waals surface area contributed by atoms with E-state index in [1.165, 1.54) is 0 Å². The normalized spacial score (nSPS) is 12.6. The van der Waals surface area contributed by atoms with Gasteiger partial charge >= 0.3 is 24.7 Å². The number of rotatable bonds is 0. The lowest BCUT2D eigenvalue weighted by atomic mass is 10.1. The fraction of sp³-hybridized carbons (Fsp3) is 0.200. The Morgan fingerprint density at radius 1 is 0.500 bits per heavy atom. The van der Waals surface area contributed by atoms with Crippen molar-refractivity contribution in [3.8, 4) is 24.3 Å². The first-order valence-corrected chi connectivity index (χ1v) is 9.15. The van der Waals surface area contributed by atoms with Gasteiger partial charge in [-0.05, 0) is 0 Å². The first kappa shape index (κ1) is 27.7. The molecule has 0 aliphatic carbocycles. The lowest BCUT2D eigenvalue weighted by Crippen LogP contribution is -2.26. The van der Waals surface area contributed by atoms with Gasteiger partial charge in [-0.15, -0.1) is 0 Å². The topological polar surface area (TPSA) is 104 Å². The summed E-state index contributed by atoms with van der Waals surface area (Å²) in [6.45, 7) is 0. The van der Waals surface area contributed by atoms with Crippen molar-refractivity contribution >= 4 is 22.2 Å². The van der Waals surface area contributed by atoms with Gasteiger partial charge in [0, 0.05) is 22.8 Å². The van der Waals surface area contributed by atoms with Gasteiger partial charge in [0.25, 0.3) is 0 Å². The average Bonchev–Trinajstić information content (AvgIpc) is 3.32. The van der Waals surface area contributed by atoms with Crippen LogP contribution in [0.4, 0.5) is 52.7 Å². The smallest absolute Gasteiger partial charge is 0.308 e. The van der Waals surface area contributed by atoms with Crippen molar-refractivity contribution in [2.75, 3.05) is 0 Å². The Kier molecular flexibility index (Phi) is 6.09. The van der Waals surface area contributed by atoms with Crippen molar-refractivity contribution in [3.63, 3.8) is 0 Å². The Morgan fingerprint density at radius 3 is 0.947 bits per heavy atom. The molecule has 0 aliphatic rings. The fourth-order valence-corrected chi connectivity index (χ4v) is 3.81. The van der Waals surface area contributed by atoms with Crippen molar-refractivity contribution < 1.29 is 52.7 Å². The lowest BCUT2D eigenvalue weighted by Gasteiger charge is -2.18. The van der Waals surface area contributed by atoms with E-state index in [-0.39, 0.29) is 0 Å². The van der Waals surface area contributed by atoms with Crippen LogP contribution in [0.2, 0.25) is 0 Å². The second kappa shape index (κ2) is 8.35. The summed E-state index contributed by atoms with van der Waals surface area (Å²) in [5, 5.41) is 32.3. The minimum Gasteiger partial charge on any atom is -0.308 e. The van der Waals surface area contributed by atoms with Gasteiger partial charge in [-0.25, -0.2) is 0 Å². The monoisotopic (exact) mass is 554 g/mol. The number of hydrogen-bond donors (Lipinski definition) is 0. The van der Waals surface area contributed by atoms with Crippen LogP contribution in [0.5, 0.6) is 0 Å². The number of nitriles is 4. The number of fused-ring (bicyclic) bond motifs is 2. The molecule has 0 aliphatic heterocycles. The molecular formula is C20H2F12N6. The zero-order chi connectivity index (χ0) is 29.2. The van der Waals surface area contributed by atoms with Crippen LogP contribution < -0.4 is 10.4 Å². The molecule has 0 aromatic carbocycles. The summed E-state index contributed by atoms with van der Waals surface area (Å²) in [6, 6.07) is 3.34. The zero-order valence-electron chi connectivity index (χ0n) is 17.4. The van der Waals surface area contributed by atoms with Crippen LogP contribution in [0, 0.1) is 45.3 Å². The standard InChI is InChI=1S/C20H2F12N6/c21-17(22,23)9-5-37-13(11(9)7(1-33)2-34)15(19(27,28)29)38-6-10(18(24,25)26)12(8(3-35)4-36)14(38)16(37)20(30,31)32/h5-6H. The minimum absolute atomic E-state index is 0.570. The average molecular weight is 554 g/mol. The molecule has 3 aromatic rings. The lowest BCUT2D eigenvalue weighted by molar-refractivity contribution is -0.146. The summed E-state index contributed by atoms with van der Waals surface area (Å²) in [7, 11) is 0. The summed E-state index contributed by atoms with van der Waals surface area (Å²) < 4.78 is 166. The first-order valence-electron chi connectivity index (χ1n) is 9.15. The third-order valence-corrected chi connectivity index (χ3v) is 5.04. The van der Waals surface area contributed by atoms with Crippen LogP contribution in [-0.4, -0.2) is 8.80 Å².